The number of nitrogens with zero attached hydrogens (tertiary/aromatic N) is 3. The van der Waals surface area contributed by atoms with Crippen LogP contribution in [-0.2, 0) is 28.5 Å². The molecule has 3 N–H and O–H groups in total. The molecule has 1 aliphatic heterocycles. The summed E-state index contributed by atoms with van der Waals surface area (Å²) in [6.45, 7) is 0.331. The van der Waals surface area contributed by atoms with E-state index in [1.165, 1.54) is 4.31 Å². The molecule has 2 unspecified atom stereocenters. The highest BCUT2D eigenvalue weighted by atomic mass is 32.2. The molecule has 25 heavy (non-hydrogen) atoms. The first kappa shape index (κ1) is 16.1. The second kappa shape index (κ2) is 5.57. The molecule has 0 spiro atoms. The van der Waals surface area contributed by atoms with Crippen LogP contribution in [0.2, 0.25) is 0 Å². The van der Waals surface area contributed by atoms with Crippen LogP contribution in [0.15, 0.2) is 30.6 Å². The molecule has 8 nitrogen and oxygen atoms in total. The predicted octanol–water partition coefficient (Wildman–Crippen LogP) is 0.728. The van der Waals surface area contributed by atoms with Crippen molar-refractivity contribution in [2.24, 2.45) is 18.1 Å². The zero-order valence-corrected chi connectivity index (χ0v) is 14.5. The molecule has 1 aromatic heterocycles. The first-order valence-electron chi connectivity index (χ1n) is 8.06. The van der Waals surface area contributed by atoms with Gasteiger partial charge in [0.1, 0.15) is 0 Å². The van der Waals surface area contributed by atoms with Crippen molar-refractivity contribution >= 4 is 27.5 Å². The number of carbonyl (C=O) groups excluding carboxylic acids is 1. The molecule has 1 saturated carbocycles. The fourth-order valence-corrected chi connectivity index (χ4v) is 4.20. The predicted molar refractivity (Wildman–Crippen MR) is 93.3 cm³/mol. The zero-order chi connectivity index (χ0) is 17.8. The standard InChI is InChI=1S/C16H19N5O3S/c1-20-9-11(8-18-20)13-7-14(13)16(22)19-12-3-2-10-4-5-21(15(10)6-12)25(17,23)24/h2-3,6,8-9,13-14H,4-5,7H2,1H3,(H,19,22)(H2,17,23,24). The number of fused-ring (bicyclic) bond motifs is 1. The van der Waals surface area contributed by atoms with Gasteiger partial charge in [-0.2, -0.15) is 13.5 Å². The summed E-state index contributed by atoms with van der Waals surface area (Å²) in [7, 11) is -1.95. The van der Waals surface area contributed by atoms with E-state index in [0.717, 1.165) is 17.5 Å². The summed E-state index contributed by atoms with van der Waals surface area (Å²) in [5.41, 5.74) is 3.10. The molecule has 1 fully saturated rings. The summed E-state index contributed by atoms with van der Waals surface area (Å²) >= 11 is 0. The van der Waals surface area contributed by atoms with E-state index in [1.54, 1.807) is 23.0 Å². The second-order valence-corrected chi connectivity index (χ2v) is 8.07. The van der Waals surface area contributed by atoms with Gasteiger partial charge in [-0.15, -0.1) is 0 Å². The Morgan fingerprint density at radius 2 is 2.20 bits per heavy atom. The second-order valence-electron chi connectivity index (χ2n) is 6.60. The minimum absolute atomic E-state index is 0.0612. The van der Waals surface area contributed by atoms with E-state index < -0.39 is 10.2 Å². The average Bonchev–Trinajstić information content (AvgIpc) is 3.03. The van der Waals surface area contributed by atoms with E-state index in [0.29, 0.717) is 24.3 Å². The number of amides is 1. The first-order chi connectivity index (χ1) is 11.8. The van der Waals surface area contributed by atoms with Crippen molar-refractivity contribution in [1.82, 2.24) is 9.78 Å². The largest absolute Gasteiger partial charge is 0.326 e. The Morgan fingerprint density at radius 3 is 2.88 bits per heavy atom. The molecule has 9 heteroatoms. The summed E-state index contributed by atoms with van der Waals surface area (Å²) in [5.74, 6) is 0.0600. The minimum atomic E-state index is -3.80. The Hall–Kier alpha value is -2.39. The summed E-state index contributed by atoms with van der Waals surface area (Å²) < 4.78 is 26.2. The number of aryl methyl sites for hydroxylation is 1. The molecule has 0 radical (unpaired) electrons. The van der Waals surface area contributed by atoms with Crippen LogP contribution >= 0.6 is 0 Å². The molecule has 132 valence electrons. The molecule has 1 aromatic carbocycles. The van der Waals surface area contributed by atoms with Gasteiger partial charge in [0.05, 0.1) is 11.9 Å². The quantitative estimate of drug-likeness (QED) is 0.836. The molecule has 2 heterocycles. The van der Waals surface area contributed by atoms with Crippen LogP contribution in [0.5, 0.6) is 0 Å². The average molecular weight is 361 g/mol. The highest BCUT2D eigenvalue weighted by Gasteiger charge is 2.44. The Morgan fingerprint density at radius 1 is 1.40 bits per heavy atom. The van der Waals surface area contributed by atoms with Crippen molar-refractivity contribution in [3.05, 3.63) is 41.7 Å². The number of carbonyl (C=O) groups is 1. The molecule has 1 aliphatic carbocycles. The van der Waals surface area contributed by atoms with Gasteiger partial charge in [-0.05, 0) is 42.0 Å². The van der Waals surface area contributed by atoms with Crippen LogP contribution in [0.4, 0.5) is 11.4 Å². The van der Waals surface area contributed by atoms with Crippen molar-refractivity contribution in [3.63, 3.8) is 0 Å². The van der Waals surface area contributed by atoms with Crippen LogP contribution in [0.25, 0.3) is 0 Å². The summed E-state index contributed by atoms with van der Waals surface area (Å²) in [6.07, 6.45) is 5.13. The van der Waals surface area contributed by atoms with Crippen LogP contribution in [0.1, 0.15) is 23.5 Å². The lowest BCUT2D eigenvalue weighted by Crippen LogP contribution is -2.35. The van der Waals surface area contributed by atoms with Gasteiger partial charge in [-0.3, -0.25) is 13.8 Å². The minimum Gasteiger partial charge on any atom is -0.326 e. The highest BCUT2D eigenvalue weighted by Crippen LogP contribution is 2.48. The van der Waals surface area contributed by atoms with Crippen molar-refractivity contribution in [1.29, 1.82) is 0 Å². The number of anilines is 2. The maximum absolute atomic E-state index is 12.4. The summed E-state index contributed by atoms with van der Waals surface area (Å²) in [5, 5.41) is 12.3. The fourth-order valence-electron chi connectivity index (χ4n) is 3.41. The third kappa shape index (κ3) is 3.00. The van der Waals surface area contributed by atoms with E-state index >= 15 is 0 Å². The van der Waals surface area contributed by atoms with Gasteiger partial charge >= 0.3 is 0 Å². The molecular formula is C16H19N5O3S. The van der Waals surface area contributed by atoms with Gasteiger partial charge in [0.25, 0.3) is 10.2 Å². The molecule has 1 amide bonds. The number of nitrogens with one attached hydrogen (secondary N) is 1. The number of nitrogens with two attached hydrogens (primary N) is 1. The van der Waals surface area contributed by atoms with E-state index in [-0.39, 0.29) is 17.7 Å². The van der Waals surface area contributed by atoms with E-state index in [2.05, 4.69) is 10.4 Å². The van der Waals surface area contributed by atoms with Gasteiger partial charge in [0.2, 0.25) is 5.91 Å². The lowest BCUT2D eigenvalue weighted by Gasteiger charge is -2.16. The number of benzene rings is 1. The van der Waals surface area contributed by atoms with E-state index in [1.807, 2.05) is 19.3 Å². The Labute approximate surface area is 145 Å². The lowest BCUT2D eigenvalue weighted by atomic mass is 10.1. The fraction of sp³-hybridized carbons (Fsp3) is 0.375. The van der Waals surface area contributed by atoms with E-state index in [9.17, 15) is 13.2 Å². The number of hydrogen-bond donors (Lipinski definition) is 2. The van der Waals surface area contributed by atoms with Crippen LogP contribution in [0, 0.1) is 5.92 Å². The maximum atomic E-state index is 12.4. The monoisotopic (exact) mass is 361 g/mol. The smallest absolute Gasteiger partial charge is 0.299 e. The first-order valence-corrected chi connectivity index (χ1v) is 9.56. The zero-order valence-electron chi connectivity index (χ0n) is 13.7. The van der Waals surface area contributed by atoms with E-state index in [4.69, 9.17) is 5.14 Å². The molecule has 2 aliphatic rings. The Bertz CT molecular complexity index is 952. The van der Waals surface area contributed by atoms with Crippen molar-refractivity contribution in [3.8, 4) is 0 Å². The van der Waals surface area contributed by atoms with Gasteiger partial charge in [0, 0.05) is 31.4 Å². The molecular weight excluding hydrogens is 342 g/mol. The van der Waals surface area contributed by atoms with Gasteiger partial charge in [-0.25, -0.2) is 5.14 Å². The topological polar surface area (TPSA) is 110 Å². The molecule has 0 saturated heterocycles. The number of aromatic nitrogens is 2. The van der Waals surface area contributed by atoms with Gasteiger partial charge < -0.3 is 5.32 Å². The molecule has 4 rings (SSSR count). The third-order valence-corrected chi connectivity index (χ3v) is 5.79. The summed E-state index contributed by atoms with van der Waals surface area (Å²) in [6, 6.07) is 5.30. The Balaban J connectivity index is 1.48. The maximum Gasteiger partial charge on any atom is 0.299 e. The summed E-state index contributed by atoms with van der Waals surface area (Å²) in [4.78, 5) is 12.4. The van der Waals surface area contributed by atoms with Crippen LogP contribution < -0.4 is 14.8 Å². The number of hydrogen-bond acceptors (Lipinski definition) is 4. The lowest BCUT2D eigenvalue weighted by molar-refractivity contribution is -0.117. The third-order valence-electron chi connectivity index (χ3n) is 4.79. The van der Waals surface area contributed by atoms with Crippen molar-refractivity contribution in [2.45, 2.75) is 18.8 Å². The van der Waals surface area contributed by atoms with Crippen LogP contribution in [-0.4, -0.2) is 30.7 Å². The molecule has 2 aromatic rings. The van der Waals surface area contributed by atoms with Crippen LogP contribution in [0.3, 0.4) is 0 Å². The molecule has 0 bridgehead atoms. The number of rotatable bonds is 4. The molecule has 2 atom stereocenters. The van der Waals surface area contributed by atoms with Gasteiger partial charge in [0.15, 0.2) is 0 Å². The van der Waals surface area contributed by atoms with Gasteiger partial charge in [-0.1, -0.05) is 6.07 Å². The highest BCUT2D eigenvalue weighted by molar-refractivity contribution is 7.90. The van der Waals surface area contributed by atoms with Crippen molar-refractivity contribution < 1.29 is 13.2 Å². The SMILES string of the molecule is Cn1cc(C2CC2C(=O)Nc2ccc3c(c2)N(S(N)(=O)=O)CC3)cn1. The van der Waals surface area contributed by atoms with Crippen molar-refractivity contribution in [2.75, 3.05) is 16.2 Å². The Kier molecular flexibility index (Phi) is 3.58. The normalized spacial score (nSPS) is 21.9.